The lowest BCUT2D eigenvalue weighted by Gasteiger charge is -2.47. The molecule has 1 aliphatic rings. The van der Waals surface area contributed by atoms with Crippen molar-refractivity contribution in [2.24, 2.45) is 11.8 Å². The van der Waals surface area contributed by atoms with Crippen LogP contribution in [-0.2, 0) is 5.41 Å². The molecule has 0 saturated heterocycles. The van der Waals surface area contributed by atoms with E-state index in [-0.39, 0.29) is 0 Å². The van der Waals surface area contributed by atoms with Crippen molar-refractivity contribution in [1.82, 2.24) is 5.32 Å². The van der Waals surface area contributed by atoms with Crippen LogP contribution in [0.5, 0.6) is 5.75 Å². The highest BCUT2D eigenvalue weighted by Crippen LogP contribution is 2.47. The molecule has 2 nitrogen and oxygen atoms in total. The number of benzene rings is 1. The molecule has 1 aromatic rings. The fraction of sp³-hybridized carbons (Fsp3) is 0.667. The van der Waals surface area contributed by atoms with Gasteiger partial charge in [-0.3, -0.25) is 0 Å². The molecule has 0 spiro atoms. The Morgan fingerprint density at radius 3 is 2.40 bits per heavy atom. The standard InChI is InChI=1S/C18H29NO/c1-5-20-17-8-6-16(7-9-17)18(10-15(4)11-18)13-19-12-14(2)3/h6-9,14-15,19H,5,10-13H2,1-4H3. The second-order valence-electron chi connectivity index (χ2n) is 6.78. The SMILES string of the molecule is CCOc1ccc(C2(CNCC(C)C)CC(C)C2)cc1. The van der Waals surface area contributed by atoms with Gasteiger partial charge in [0.2, 0.25) is 0 Å². The summed E-state index contributed by atoms with van der Waals surface area (Å²) in [6.07, 6.45) is 2.60. The maximum Gasteiger partial charge on any atom is 0.119 e. The van der Waals surface area contributed by atoms with Crippen LogP contribution >= 0.6 is 0 Å². The molecular formula is C18H29NO. The van der Waals surface area contributed by atoms with Gasteiger partial charge in [0.1, 0.15) is 5.75 Å². The van der Waals surface area contributed by atoms with Gasteiger partial charge < -0.3 is 10.1 Å². The zero-order valence-electron chi connectivity index (χ0n) is 13.4. The van der Waals surface area contributed by atoms with Gasteiger partial charge in [0.15, 0.2) is 0 Å². The average Bonchev–Trinajstić information content (AvgIpc) is 2.37. The fourth-order valence-corrected chi connectivity index (χ4v) is 3.43. The first kappa shape index (κ1) is 15.4. The molecule has 0 bridgehead atoms. The molecular weight excluding hydrogens is 246 g/mol. The van der Waals surface area contributed by atoms with E-state index >= 15 is 0 Å². The van der Waals surface area contributed by atoms with Gasteiger partial charge >= 0.3 is 0 Å². The summed E-state index contributed by atoms with van der Waals surface area (Å²) in [7, 11) is 0. The summed E-state index contributed by atoms with van der Waals surface area (Å²) in [4.78, 5) is 0. The molecule has 2 rings (SSSR count). The minimum Gasteiger partial charge on any atom is -0.494 e. The second-order valence-corrected chi connectivity index (χ2v) is 6.78. The zero-order chi connectivity index (χ0) is 14.6. The van der Waals surface area contributed by atoms with E-state index in [9.17, 15) is 0 Å². The minimum atomic E-state index is 0.346. The van der Waals surface area contributed by atoms with Crippen molar-refractivity contribution in [3.05, 3.63) is 29.8 Å². The molecule has 2 heteroatoms. The van der Waals surface area contributed by atoms with Gasteiger partial charge in [-0.15, -0.1) is 0 Å². The van der Waals surface area contributed by atoms with Crippen LogP contribution in [0.25, 0.3) is 0 Å². The summed E-state index contributed by atoms with van der Waals surface area (Å²) in [5.74, 6) is 2.54. The first-order chi connectivity index (χ1) is 9.55. The largest absolute Gasteiger partial charge is 0.494 e. The Bertz CT molecular complexity index is 404. The Balaban J connectivity index is 2.03. The van der Waals surface area contributed by atoms with Crippen molar-refractivity contribution in [3.8, 4) is 5.75 Å². The van der Waals surface area contributed by atoms with E-state index in [0.717, 1.165) is 31.4 Å². The predicted octanol–water partition coefficient (Wildman–Crippen LogP) is 4.00. The van der Waals surface area contributed by atoms with E-state index in [0.29, 0.717) is 11.3 Å². The smallest absolute Gasteiger partial charge is 0.119 e. The first-order valence-corrected chi connectivity index (χ1v) is 8.00. The van der Waals surface area contributed by atoms with Gasteiger partial charge in [0, 0.05) is 12.0 Å². The summed E-state index contributed by atoms with van der Waals surface area (Å²) in [6, 6.07) is 8.75. The van der Waals surface area contributed by atoms with Crippen molar-refractivity contribution in [2.45, 2.75) is 46.0 Å². The molecule has 0 aromatic heterocycles. The number of hydrogen-bond donors (Lipinski definition) is 1. The topological polar surface area (TPSA) is 21.3 Å². The van der Waals surface area contributed by atoms with Crippen LogP contribution in [0, 0.1) is 11.8 Å². The maximum atomic E-state index is 5.54. The van der Waals surface area contributed by atoms with Gasteiger partial charge in [-0.25, -0.2) is 0 Å². The minimum absolute atomic E-state index is 0.346. The van der Waals surface area contributed by atoms with Crippen molar-refractivity contribution in [1.29, 1.82) is 0 Å². The van der Waals surface area contributed by atoms with Gasteiger partial charge in [0.05, 0.1) is 6.61 Å². The highest BCUT2D eigenvalue weighted by molar-refractivity contribution is 5.35. The van der Waals surface area contributed by atoms with Gasteiger partial charge in [-0.2, -0.15) is 0 Å². The number of ether oxygens (including phenoxy) is 1. The Kier molecular flexibility index (Phi) is 5.09. The lowest BCUT2D eigenvalue weighted by Crippen LogP contribution is -2.48. The normalized spacial score (nSPS) is 25.6. The van der Waals surface area contributed by atoms with Gasteiger partial charge in [-0.05, 0) is 55.8 Å². The highest BCUT2D eigenvalue weighted by atomic mass is 16.5. The van der Waals surface area contributed by atoms with E-state index < -0.39 is 0 Å². The molecule has 0 amide bonds. The van der Waals surface area contributed by atoms with Gasteiger partial charge in [0.25, 0.3) is 0 Å². The Morgan fingerprint density at radius 1 is 1.25 bits per heavy atom. The summed E-state index contributed by atoms with van der Waals surface area (Å²) in [5, 5.41) is 3.66. The highest BCUT2D eigenvalue weighted by Gasteiger charge is 2.42. The first-order valence-electron chi connectivity index (χ1n) is 8.00. The molecule has 0 radical (unpaired) electrons. The summed E-state index contributed by atoms with van der Waals surface area (Å²) in [5.41, 5.74) is 1.81. The van der Waals surface area contributed by atoms with E-state index in [1.165, 1.54) is 18.4 Å². The van der Waals surface area contributed by atoms with Gasteiger partial charge in [-0.1, -0.05) is 32.9 Å². The van der Waals surface area contributed by atoms with E-state index in [1.54, 1.807) is 0 Å². The molecule has 20 heavy (non-hydrogen) atoms. The number of rotatable bonds is 7. The average molecular weight is 275 g/mol. The van der Waals surface area contributed by atoms with E-state index in [2.05, 4.69) is 50.4 Å². The molecule has 0 aliphatic heterocycles. The van der Waals surface area contributed by atoms with Crippen LogP contribution in [0.2, 0.25) is 0 Å². The monoisotopic (exact) mass is 275 g/mol. The molecule has 0 atom stereocenters. The summed E-state index contributed by atoms with van der Waals surface area (Å²) >= 11 is 0. The van der Waals surface area contributed by atoms with Crippen LogP contribution in [0.3, 0.4) is 0 Å². The van der Waals surface area contributed by atoms with E-state index in [1.807, 2.05) is 6.92 Å². The fourth-order valence-electron chi connectivity index (χ4n) is 3.43. The van der Waals surface area contributed by atoms with Crippen molar-refractivity contribution in [2.75, 3.05) is 19.7 Å². The predicted molar refractivity (Wildman–Crippen MR) is 85.4 cm³/mol. The number of hydrogen-bond acceptors (Lipinski definition) is 2. The Morgan fingerprint density at radius 2 is 1.90 bits per heavy atom. The lowest BCUT2D eigenvalue weighted by molar-refractivity contribution is 0.151. The third-order valence-corrected chi connectivity index (χ3v) is 4.27. The molecule has 1 fully saturated rings. The van der Waals surface area contributed by atoms with Crippen LogP contribution in [0.1, 0.15) is 46.1 Å². The third kappa shape index (κ3) is 3.54. The molecule has 1 aliphatic carbocycles. The van der Waals surface area contributed by atoms with E-state index in [4.69, 9.17) is 4.74 Å². The zero-order valence-corrected chi connectivity index (χ0v) is 13.4. The number of nitrogens with one attached hydrogen (secondary N) is 1. The lowest BCUT2D eigenvalue weighted by atomic mass is 9.59. The van der Waals surface area contributed by atoms with Crippen molar-refractivity contribution < 1.29 is 4.74 Å². The maximum absolute atomic E-state index is 5.54. The Labute approximate surface area is 123 Å². The Hall–Kier alpha value is -1.02. The van der Waals surface area contributed by atoms with Crippen molar-refractivity contribution >= 4 is 0 Å². The molecule has 1 aromatic carbocycles. The molecule has 0 unspecified atom stereocenters. The summed E-state index contributed by atoms with van der Waals surface area (Å²) in [6.45, 7) is 11.8. The van der Waals surface area contributed by atoms with Crippen LogP contribution in [0.4, 0.5) is 0 Å². The van der Waals surface area contributed by atoms with Crippen molar-refractivity contribution in [3.63, 3.8) is 0 Å². The molecule has 1 N–H and O–H groups in total. The third-order valence-electron chi connectivity index (χ3n) is 4.27. The summed E-state index contributed by atoms with van der Waals surface area (Å²) < 4.78 is 5.54. The molecule has 1 saturated carbocycles. The second kappa shape index (κ2) is 6.62. The van der Waals surface area contributed by atoms with Crippen LogP contribution < -0.4 is 10.1 Å². The van der Waals surface area contributed by atoms with Crippen LogP contribution in [0.15, 0.2) is 24.3 Å². The molecule has 0 heterocycles. The molecule has 112 valence electrons. The van der Waals surface area contributed by atoms with Crippen LogP contribution in [-0.4, -0.2) is 19.7 Å². The quantitative estimate of drug-likeness (QED) is 0.812.